The first-order valence-corrected chi connectivity index (χ1v) is 7.66. The van der Waals surface area contributed by atoms with Crippen LogP contribution in [0.1, 0.15) is 53.3 Å². The lowest BCUT2D eigenvalue weighted by molar-refractivity contribution is 0.392. The maximum atomic E-state index is 4.94. The van der Waals surface area contributed by atoms with E-state index in [1.54, 1.807) is 13.8 Å². The number of aryl methyl sites for hydroxylation is 2. The molecule has 0 atom stereocenters. The van der Waals surface area contributed by atoms with Crippen LogP contribution in [0, 0.1) is 13.8 Å². The predicted octanol–water partition coefficient (Wildman–Crippen LogP) is 3.49. The summed E-state index contributed by atoms with van der Waals surface area (Å²) in [6, 6.07) is 0.106. The minimum atomic E-state index is 0.106. The summed E-state index contributed by atoms with van der Waals surface area (Å²) in [5, 5.41) is 13.5. The van der Waals surface area contributed by atoms with Crippen LogP contribution in [0.5, 0.6) is 0 Å². The average Bonchev–Trinajstić information content (AvgIpc) is 3.40. The van der Waals surface area contributed by atoms with Gasteiger partial charge in [-0.3, -0.25) is 0 Å². The summed E-state index contributed by atoms with van der Waals surface area (Å²) >= 11 is 0. The summed E-state index contributed by atoms with van der Waals surface area (Å²) in [5.41, 5.74) is 4.94. The molecule has 0 saturated carbocycles. The minimum absolute atomic E-state index is 0.106. The largest absolute Gasteiger partial charge is 0.428 e. The summed E-state index contributed by atoms with van der Waals surface area (Å²) in [4.78, 5) is 7.06. The Morgan fingerprint density at radius 2 is 1.33 bits per heavy atom. The fourth-order valence-corrected chi connectivity index (χ4v) is 0.638. The summed E-state index contributed by atoms with van der Waals surface area (Å²) in [7, 11) is 0. The van der Waals surface area contributed by atoms with Crippen molar-refractivity contribution < 1.29 is 13.5 Å². The SMILES string of the molecule is CC.CC.CC.Cc1ncno1.Cc1nnco1.Nc1ncno1. The molecule has 0 amide bonds. The molecule has 0 aliphatic rings. The molecule has 3 aromatic rings. The molecule has 0 aliphatic heterocycles. The van der Waals surface area contributed by atoms with Crippen LogP contribution in [0.2, 0.25) is 0 Å². The van der Waals surface area contributed by atoms with E-state index in [1.807, 2.05) is 41.5 Å². The molecule has 10 heteroatoms. The number of aromatic nitrogens is 6. The predicted molar refractivity (Wildman–Crippen MR) is 90.8 cm³/mol. The Morgan fingerprint density at radius 3 is 1.46 bits per heavy atom. The third-order valence-corrected chi connectivity index (χ3v) is 1.32. The molecule has 0 fully saturated rings. The van der Waals surface area contributed by atoms with Crippen molar-refractivity contribution >= 4 is 6.01 Å². The van der Waals surface area contributed by atoms with Gasteiger partial charge in [-0.1, -0.05) is 51.9 Å². The Balaban J connectivity index is -0.000000239. The molecule has 3 rings (SSSR count). The minimum Gasteiger partial charge on any atom is -0.428 e. The second-order valence-corrected chi connectivity index (χ2v) is 2.70. The molecule has 2 N–H and O–H groups in total. The van der Waals surface area contributed by atoms with E-state index < -0.39 is 0 Å². The van der Waals surface area contributed by atoms with Crippen LogP contribution in [0.25, 0.3) is 0 Å². The highest BCUT2D eigenvalue weighted by molar-refractivity contribution is 5.01. The Kier molecular flexibility index (Phi) is 24.5. The van der Waals surface area contributed by atoms with E-state index in [0.29, 0.717) is 11.8 Å². The first-order valence-electron chi connectivity index (χ1n) is 7.66. The van der Waals surface area contributed by atoms with Crippen LogP contribution < -0.4 is 5.73 Å². The van der Waals surface area contributed by atoms with Crippen LogP contribution in [0.3, 0.4) is 0 Å². The van der Waals surface area contributed by atoms with Gasteiger partial charge in [0.15, 0.2) is 12.7 Å². The number of hydrogen-bond donors (Lipinski definition) is 1. The van der Waals surface area contributed by atoms with E-state index >= 15 is 0 Å². The zero-order valence-corrected chi connectivity index (χ0v) is 15.7. The molecule has 24 heavy (non-hydrogen) atoms. The number of nitrogen functional groups attached to an aromatic ring is 1. The molecule has 3 aromatic heterocycles. The van der Waals surface area contributed by atoms with Gasteiger partial charge in [0.25, 0.3) is 0 Å². The lowest BCUT2D eigenvalue weighted by atomic mass is 10.8. The number of hydrogen-bond acceptors (Lipinski definition) is 10. The standard InChI is InChI=1S/2C3H4N2O.C2H3N3O.3C2H6/c1-3-5-4-2-6-3;1-3-4-2-5-6-3;3-2-4-1-5-6-2;3*1-2/h2*2H,1H3;1H,(H2,3,4,5);3*1-2H3. The third-order valence-electron chi connectivity index (χ3n) is 1.32. The summed E-state index contributed by atoms with van der Waals surface area (Å²) in [5.74, 6) is 1.21. The second-order valence-electron chi connectivity index (χ2n) is 2.70. The van der Waals surface area contributed by atoms with Gasteiger partial charge in [0.1, 0.15) is 0 Å². The van der Waals surface area contributed by atoms with Crippen molar-refractivity contribution in [3.05, 3.63) is 30.8 Å². The number of anilines is 1. The number of nitrogens with two attached hydrogens (primary N) is 1. The number of nitrogens with zero attached hydrogens (tertiary/aromatic N) is 6. The summed E-state index contributed by atoms with van der Waals surface area (Å²) < 4.78 is 13.3. The molecule has 0 spiro atoms. The van der Waals surface area contributed by atoms with Crippen molar-refractivity contribution in [2.45, 2.75) is 55.4 Å². The lowest BCUT2D eigenvalue weighted by Gasteiger charge is -1.65. The fraction of sp³-hybridized carbons (Fsp3) is 0.571. The maximum absolute atomic E-state index is 4.94. The Morgan fingerprint density at radius 1 is 0.792 bits per heavy atom. The summed E-state index contributed by atoms with van der Waals surface area (Å²) in [6.07, 6.45) is 3.92. The Bertz CT molecular complexity index is 420. The van der Waals surface area contributed by atoms with Crippen LogP contribution in [-0.4, -0.2) is 30.5 Å². The van der Waals surface area contributed by atoms with Crippen LogP contribution >= 0.6 is 0 Å². The fourth-order valence-electron chi connectivity index (χ4n) is 0.638. The van der Waals surface area contributed by atoms with E-state index in [2.05, 4.69) is 43.9 Å². The van der Waals surface area contributed by atoms with Crippen molar-refractivity contribution in [2.24, 2.45) is 0 Å². The van der Waals surface area contributed by atoms with Crippen LogP contribution in [-0.2, 0) is 0 Å². The van der Waals surface area contributed by atoms with Gasteiger partial charge in [0.05, 0.1) is 0 Å². The monoisotopic (exact) mass is 343 g/mol. The topological polar surface area (TPSA) is 143 Å². The second kappa shape index (κ2) is 22.5. The lowest BCUT2D eigenvalue weighted by Crippen LogP contribution is -1.79. The molecular weight excluding hydrogens is 314 g/mol. The highest BCUT2D eigenvalue weighted by Gasteiger charge is 1.81. The van der Waals surface area contributed by atoms with Gasteiger partial charge in [-0.05, 0) is 0 Å². The molecular formula is C14H29N7O3. The zero-order chi connectivity index (χ0) is 19.2. The molecule has 138 valence electrons. The van der Waals surface area contributed by atoms with E-state index in [-0.39, 0.29) is 6.01 Å². The first kappa shape index (κ1) is 26.1. The highest BCUT2D eigenvalue weighted by atomic mass is 16.5. The van der Waals surface area contributed by atoms with Gasteiger partial charge in [-0.2, -0.15) is 9.97 Å². The van der Waals surface area contributed by atoms with Gasteiger partial charge >= 0.3 is 6.01 Å². The maximum Gasteiger partial charge on any atom is 0.318 e. The Hall–Kier alpha value is -2.78. The van der Waals surface area contributed by atoms with Gasteiger partial charge in [-0.15, -0.1) is 10.2 Å². The van der Waals surface area contributed by atoms with Crippen molar-refractivity contribution in [3.63, 3.8) is 0 Å². The van der Waals surface area contributed by atoms with E-state index in [0.717, 1.165) is 0 Å². The van der Waals surface area contributed by atoms with Crippen molar-refractivity contribution in [3.8, 4) is 0 Å². The molecule has 0 aromatic carbocycles. The molecule has 0 aliphatic carbocycles. The van der Waals surface area contributed by atoms with Crippen LogP contribution in [0.4, 0.5) is 6.01 Å². The van der Waals surface area contributed by atoms with Gasteiger partial charge in [0, 0.05) is 13.8 Å². The quantitative estimate of drug-likeness (QED) is 0.644. The molecule has 0 saturated heterocycles. The van der Waals surface area contributed by atoms with Crippen LogP contribution in [0.15, 0.2) is 32.5 Å². The zero-order valence-electron chi connectivity index (χ0n) is 15.7. The third kappa shape index (κ3) is 19.2. The smallest absolute Gasteiger partial charge is 0.318 e. The van der Waals surface area contributed by atoms with E-state index in [4.69, 9.17) is 5.73 Å². The van der Waals surface area contributed by atoms with Crippen molar-refractivity contribution in [1.29, 1.82) is 0 Å². The normalized spacial score (nSPS) is 7.33. The number of rotatable bonds is 0. The molecule has 0 unspecified atom stereocenters. The average molecular weight is 343 g/mol. The van der Waals surface area contributed by atoms with Gasteiger partial charge in [-0.25, -0.2) is 0 Å². The van der Waals surface area contributed by atoms with E-state index in [1.165, 1.54) is 19.0 Å². The molecule has 10 nitrogen and oxygen atoms in total. The van der Waals surface area contributed by atoms with Gasteiger partial charge < -0.3 is 19.2 Å². The van der Waals surface area contributed by atoms with E-state index in [9.17, 15) is 0 Å². The molecule has 0 radical (unpaired) electrons. The highest BCUT2D eigenvalue weighted by Crippen LogP contribution is 1.85. The Labute approximate surface area is 142 Å². The van der Waals surface area contributed by atoms with Crippen molar-refractivity contribution in [2.75, 3.05) is 5.73 Å². The van der Waals surface area contributed by atoms with Crippen molar-refractivity contribution in [1.82, 2.24) is 30.5 Å². The summed E-state index contributed by atoms with van der Waals surface area (Å²) in [6.45, 7) is 15.5. The van der Waals surface area contributed by atoms with Gasteiger partial charge in [0.2, 0.25) is 18.2 Å². The molecule has 3 heterocycles. The first-order chi connectivity index (χ1) is 11.7. The molecule has 0 bridgehead atoms.